The number of benzene rings is 1. The Morgan fingerprint density at radius 3 is 2.67 bits per heavy atom. The highest BCUT2D eigenvalue weighted by atomic mass is 19.1. The van der Waals surface area contributed by atoms with E-state index < -0.39 is 0 Å². The summed E-state index contributed by atoms with van der Waals surface area (Å²) in [7, 11) is 0. The molecule has 78 valence electrons. The molecule has 0 heterocycles. The fourth-order valence-electron chi connectivity index (χ4n) is 1.14. The highest BCUT2D eigenvalue weighted by molar-refractivity contribution is 5.94. The van der Waals surface area contributed by atoms with Crippen molar-refractivity contribution < 1.29 is 9.18 Å². The van der Waals surface area contributed by atoms with E-state index in [0.717, 1.165) is 0 Å². The molecule has 1 amide bonds. The molecule has 0 aromatic heterocycles. The van der Waals surface area contributed by atoms with E-state index in [4.69, 9.17) is 6.42 Å². The molecule has 0 bridgehead atoms. The average Bonchev–Trinajstić information content (AvgIpc) is 2.18. The lowest BCUT2D eigenvalue weighted by molar-refractivity contribution is 0.0941. The number of carbonyl (C=O) groups is 1. The minimum Gasteiger partial charge on any atom is -0.349 e. The van der Waals surface area contributed by atoms with Gasteiger partial charge in [0.1, 0.15) is 5.82 Å². The molecule has 1 N–H and O–H groups in total. The molecule has 0 aliphatic rings. The Balaban J connectivity index is 2.62. The highest BCUT2D eigenvalue weighted by Gasteiger charge is 2.08. The van der Waals surface area contributed by atoms with Gasteiger partial charge in [0, 0.05) is 18.0 Å². The number of rotatable bonds is 3. The molecule has 1 atom stereocenters. The quantitative estimate of drug-likeness (QED) is 0.751. The Kier molecular flexibility index (Phi) is 3.87. The van der Waals surface area contributed by atoms with Crippen LogP contribution in [0.3, 0.4) is 0 Å². The molecule has 0 saturated heterocycles. The first-order chi connectivity index (χ1) is 7.13. The summed E-state index contributed by atoms with van der Waals surface area (Å²) < 4.78 is 12.6. The number of terminal acetylenes is 1. The largest absolute Gasteiger partial charge is 0.349 e. The van der Waals surface area contributed by atoms with Crippen molar-refractivity contribution in [2.45, 2.75) is 19.4 Å². The average molecular weight is 205 g/mol. The van der Waals surface area contributed by atoms with E-state index >= 15 is 0 Å². The van der Waals surface area contributed by atoms with Crippen molar-refractivity contribution in [2.75, 3.05) is 0 Å². The maximum absolute atomic E-state index is 12.6. The van der Waals surface area contributed by atoms with Gasteiger partial charge in [-0.2, -0.15) is 0 Å². The summed E-state index contributed by atoms with van der Waals surface area (Å²) in [6, 6.07) is 5.30. The summed E-state index contributed by atoms with van der Waals surface area (Å²) in [6.45, 7) is 1.82. The van der Waals surface area contributed by atoms with Gasteiger partial charge in [0.2, 0.25) is 0 Å². The van der Waals surface area contributed by atoms with Crippen LogP contribution < -0.4 is 5.32 Å². The number of carbonyl (C=O) groups excluding carboxylic acids is 1. The minimum absolute atomic E-state index is 0.0763. The Labute approximate surface area is 88.5 Å². The molecular formula is C12H12FNO. The number of halogens is 1. The second-order valence-electron chi connectivity index (χ2n) is 3.29. The summed E-state index contributed by atoms with van der Waals surface area (Å²) in [5, 5.41) is 2.71. The van der Waals surface area contributed by atoms with Crippen LogP contribution in [0.25, 0.3) is 0 Å². The smallest absolute Gasteiger partial charge is 0.251 e. The second-order valence-corrected chi connectivity index (χ2v) is 3.29. The molecule has 1 rings (SSSR count). The van der Waals surface area contributed by atoms with Crippen molar-refractivity contribution in [3.05, 3.63) is 35.6 Å². The van der Waals surface area contributed by atoms with Crippen molar-refractivity contribution in [2.24, 2.45) is 0 Å². The SMILES string of the molecule is C#CCC(C)NC(=O)c1ccc(F)cc1. The molecule has 0 fully saturated rings. The first-order valence-corrected chi connectivity index (χ1v) is 4.63. The molecular weight excluding hydrogens is 193 g/mol. The lowest BCUT2D eigenvalue weighted by atomic mass is 10.2. The van der Waals surface area contributed by atoms with E-state index in [1.807, 2.05) is 6.92 Å². The van der Waals surface area contributed by atoms with E-state index in [1.165, 1.54) is 24.3 Å². The molecule has 0 aliphatic carbocycles. The first kappa shape index (κ1) is 11.3. The summed E-state index contributed by atoms with van der Waals surface area (Å²) >= 11 is 0. The number of amides is 1. The van der Waals surface area contributed by atoms with E-state index in [9.17, 15) is 9.18 Å². The van der Waals surface area contributed by atoms with Crippen LogP contribution >= 0.6 is 0 Å². The fourth-order valence-corrected chi connectivity index (χ4v) is 1.14. The van der Waals surface area contributed by atoms with Gasteiger partial charge in [-0.25, -0.2) is 4.39 Å². The van der Waals surface area contributed by atoms with Crippen molar-refractivity contribution in [3.8, 4) is 12.3 Å². The van der Waals surface area contributed by atoms with Crippen molar-refractivity contribution >= 4 is 5.91 Å². The summed E-state index contributed by atoms with van der Waals surface area (Å²) in [5.74, 6) is 1.86. The van der Waals surface area contributed by atoms with Gasteiger partial charge in [0.25, 0.3) is 5.91 Å². The Morgan fingerprint density at radius 2 is 2.13 bits per heavy atom. The van der Waals surface area contributed by atoms with Crippen LogP contribution in [0, 0.1) is 18.2 Å². The van der Waals surface area contributed by atoms with E-state index in [2.05, 4.69) is 11.2 Å². The summed E-state index contributed by atoms with van der Waals surface area (Å²) in [4.78, 5) is 11.5. The fraction of sp³-hybridized carbons (Fsp3) is 0.250. The summed E-state index contributed by atoms with van der Waals surface area (Å²) in [6.07, 6.45) is 5.59. The van der Waals surface area contributed by atoms with Gasteiger partial charge in [0.05, 0.1) is 0 Å². The van der Waals surface area contributed by atoms with Gasteiger partial charge in [0.15, 0.2) is 0 Å². The standard InChI is InChI=1S/C12H12FNO/c1-3-4-9(2)14-12(15)10-5-7-11(13)8-6-10/h1,5-9H,4H2,2H3,(H,14,15). The predicted molar refractivity (Wildman–Crippen MR) is 56.8 cm³/mol. The van der Waals surface area contributed by atoms with Crippen LogP contribution in [0.1, 0.15) is 23.7 Å². The molecule has 15 heavy (non-hydrogen) atoms. The summed E-state index contributed by atoms with van der Waals surface area (Å²) in [5.41, 5.74) is 0.431. The van der Waals surface area contributed by atoms with E-state index in [0.29, 0.717) is 12.0 Å². The normalized spacial score (nSPS) is 11.5. The zero-order chi connectivity index (χ0) is 11.3. The van der Waals surface area contributed by atoms with Crippen LogP contribution in [0.15, 0.2) is 24.3 Å². The topological polar surface area (TPSA) is 29.1 Å². The van der Waals surface area contributed by atoms with E-state index in [-0.39, 0.29) is 17.8 Å². The van der Waals surface area contributed by atoms with Crippen LogP contribution in [0.4, 0.5) is 4.39 Å². The lowest BCUT2D eigenvalue weighted by Crippen LogP contribution is -2.32. The zero-order valence-corrected chi connectivity index (χ0v) is 8.46. The Morgan fingerprint density at radius 1 is 1.53 bits per heavy atom. The first-order valence-electron chi connectivity index (χ1n) is 4.63. The minimum atomic E-state index is -0.358. The van der Waals surface area contributed by atoms with Crippen LogP contribution in [-0.4, -0.2) is 11.9 Å². The predicted octanol–water partition coefficient (Wildman–Crippen LogP) is 1.97. The molecule has 1 aromatic carbocycles. The molecule has 1 aromatic rings. The van der Waals surface area contributed by atoms with Crippen molar-refractivity contribution in [1.29, 1.82) is 0 Å². The molecule has 3 heteroatoms. The van der Waals surface area contributed by atoms with Gasteiger partial charge in [-0.05, 0) is 31.2 Å². The molecule has 0 saturated carbocycles. The lowest BCUT2D eigenvalue weighted by Gasteiger charge is -2.10. The van der Waals surface area contributed by atoms with E-state index in [1.54, 1.807) is 0 Å². The Hall–Kier alpha value is -1.82. The number of nitrogens with one attached hydrogen (secondary N) is 1. The maximum Gasteiger partial charge on any atom is 0.251 e. The highest BCUT2D eigenvalue weighted by Crippen LogP contribution is 2.03. The molecule has 0 aliphatic heterocycles. The van der Waals surface area contributed by atoms with Crippen molar-refractivity contribution in [3.63, 3.8) is 0 Å². The van der Waals surface area contributed by atoms with Gasteiger partial charge in [-0.3, -0.25) is 4.79 Å². The third-order valence-electron chi connectivity index (χ3n) is 1.91. The zero-order valence-electron chi connectivity index (χ0n) is 8.46. The Bertz CT molecular complexity index is 378. The van der Waals surface area contributed by atoms with Gasteiger partial charge in [-0.15, -0.1) is 12.3 Å². The number of hydrogen-bond acceptors (Lipinski definition) is 1. The molecule has 0 spiro atoms. The maximum atomic E-state index is 12.6. The van der Waals surface area contributed by atoms with Crippen molar-refractivity contribution in [1.82, 2.24) is 5.32 Å². The number of hydrogen-bond donors (Lipinski definition) is 1. The van der Waals surface area contributed by atoms with Gasteiger partial charge < -0.3 is 5.32 Å². The third-order valence-corrected chi connectivity index (χ3v) is 1.91. The van der Waals surface area contributed by atoms with Crippen LogP contribution in [-0.2, 0) is 0 Å². The molecule has 0 radical (unpaired) electrons. The molecule has 1 unspecified atom stereocenters. The van der Waals surface area contributed by atoms with Crippen LogP contribution in [0.5, 0.6) is 0 Å². The van der Waals surface area contributed by atoms with Gasteiger partial charge in [-0.1, -0.05) is 0 Å². The van der Waals surface area contributed by atoms with Crippen LogP contribution in [0.2, 0.25) is 0 Å². The molecule has 2 nitrogen and oxygen atoms in total. The second kappa shape index (κ2) is 5.16. The monoisotopic (exact) mass is 205 g/mol. The third kappa shape index (κ3) is 3.43. The van der Waals surface area contributed by atoms with Gasteiger partial charge >= 0.3 is 0 Å².